The molecule has 3 aromatic heterocycles. The van der Waals surface area contributed by atoms with Crippen molar-refractivity contribution in [1.29, 1.82) is 0 Å². The first-order valence-electron chi connectivity index (χ1n) is 10.0. The lowest BCUT2D eigenvalue weighted by Gasteiger charge is -2.19. The Bertz CT molecular complexity index is 1310. The van der Waals surface area contributed by atoms with Crippen molar-refractivity contribution in [3.8, 4) is 5.75 Å². The van der Waals surface area contributed by atoms with Crippen LogP contribution in [-0.4, -0.2) is 36.8 Å². The molecule has 162 valence electrons. The molecule has 0 fully saturated rings. The molecule has 0 atom stereocenters. The van der Waals surface area contributed by atoms with E-state index in [2.05, 4.69) is 20.4 Å². The van der Waals surface area contributed by atoms with Gasteiger partial charge in [0.25, 0.3) is 5.56 Å². The number of thiazole rings is 1. The van der Waals surface area contributed by atoms with Crippen molar-refractivity contribution in [2.45, 2.75) is 46.2 Å². The van der Waals surface area contributed by atoms with Gasteiger partial charge >= 0.3 is 0 Å². The molecule has 0 aliphatic rings. The minimum absolute atomic E-state index is 0.126. The van der Waals surface area contributed by atoms with Crippen molar-refractivity contribution in [3.05, 3.63) is 41.1 Å². The molecule has 0 radical (unpaired) electrons. The normalized spacial score (nSPS) is 11.9. The Labute approximate surface area is 182 Å². The summed E-state index contributed by atoms with van der Waals surface area (Å²) in [5.41, 5.74) is 0.842. The van der Waals surface area contributed by atoms with Crippen molar-refractivity contribution in [1.82, 2.24) is 24.3 Å². The molecule has 3 heterocycles. The number of hydrogen-bond donors (Lipinski definition) is 1. The van der Waals surface area contributed by atoms with Crippen LogP contribution >= 0.6 is 11.3 Å². The summed E-state index contributed by atoms with van der Waals surface area (Å²) in [4.78, 5) is 34.0. The minimum atomic E-state index is -0.284. The third kappa shape index (κ3) is 4.29. The second kappa shape index (κ2) is 8.10. The van der Waals surface area contributed by atoms with Crippen LogP contribution < -0.4 is 15.6 Å². The van der Waals surface area contributed by atoms with Gasteiger partial charge in [0.2, 0.25) is 5.91 Å². The number of anilines is 1. The number of rotatable bonds is 6. The molecule has 10 heteroatoms. The molecule has 9 nitrogen and oxygen atoms in total. The minimum Gasteiger partial charge on any atom is -0.494 e. The smallest absolute Gasteiger partial charge is 0.264 e. The molecule has 0 saturated heterocycles. The fraction of sp³-hybridized carbons (Fsp3) is 0.381. The molecule has 1 aromatic carbocycles. The Balaban J connectivity index is 1.45. The van der Waals surface area contributed by atoms with E-state index in [0.29, 0.717) is 22.8 Å². The highest BCUT2D eigenvalue weighted by Crippen LogP contribution is 2.29. The van der Waals surface area contributed by atoms with Gasteiger partial charge in [-0.2, -0.15) is 5.10 Å². The van der Waals surface area contributed by atoms with Gasteiger partial charge in [0.1, 0.15) is 11.1 Å². The van der Waals surface area contributed by atoms with E-state index in [9.17, 15) is 9.59 Å². The number of amides is 1. The van der Waals surface area contributed by atoms with E-state index < -0.39 is 0 Å². The van der Waals surface area contributed by atoms with E-state index in [1.165, 1.54) is 28.4 Å². The summed E-state index contributed by atoms with van der Waals surface area (Å²) in [7, 11) is 0. The van der Waals surface area contributed by atoms with Crippen molar-refractivity contribution in [3.63, 3.8) is 0 Å². The van der Waals surface area contributed by atoms with Gasteiger partial charge in [0.05, 0.1) is 34.9 Å². The van der Waals surface area contributed by atoms with Crippen molar-refractivity contribution >= 4 is 43.6 Å². The Hall–Kier alpha value is -3.27. The highest BCUT2D eigenvalue weighted by Gasteiger charge is 2.20. The first kappa shape index (κ1) is 21.0. The number of nitrogens with zero attached hydrogens (tertiary/aromatic N) is 5. The van der Waals surface area contributed by atoms with Gasteiger partial charge in [-0.15, -0.1) is 0 Å². The summed E-state index contributed by atoms with van der Waals surface area (Å²) in [5, 5.41) is 8.07. The van der Waals surface area contributed by atoms with Gasteiger partial charge in [-0.1, -0.05) is 11.3 Å². The molecule has 4 rings (SSSR count). The van der Waals surface area contributed by atoms with E-state index >= 15 is 0 Å². The predicted molar refractivity (Wildman–Crippen MR) is 121 cm³/mol. The van der Waals surface area contributed by atoms with Crippen LogP contribution in [0, 0.1) is 0 Å². The lowest BCUT2D eigenvalue weighted by atomic mass is 10.1. The van der Waals surface area contributed by atoms with Gasteiger partial charge in [0, 0.05) is 13.0 Å². The number of carbonyl (C=O) groups excluding carboxylic acids is 1. The van der Waals surface area contributed by atoms with Gasteiger partial charge in [0.15, 0.2) is 10.8 Å². The average Bonchev–Trinajstić information content (AvgIpc) is 3.31. The largest absolute Gasteiger partial charge is 0.494 e. The summed E-state index contributed by atoms with van der Waals surface area (Å²) >= 11 is 1.38. The average molecular weight is 441 g/mol. The Morgan fingerprint density at radius 1 is 1.29 bits per heavy atom. The van der Waals surface area contributed by atoms with Crippen LogP contribution in [0.5, 0.6) is 5.75 Å². The zero-order valence-corrected chi connectivity index (χ0v) is 18.7. The number of nitrogens with one attached hydrogen (secondary N) is 1. The van der Waals surface area contributed by atoms with Gasteiger partial charge in [-0.25, -0.2) is 14.6 Å². The van der Waals surface area contributed by atoms with E-state index in [1.807, 2.05) is 45.9 Å². The predicted octanol–water partition coefficient (Wildman–Crippen LogP) is 3.39. The molecule has 4 aromatic rings. The fourth-order valence-electron chi connectivity index (χ4n) is 3.22. The van der Waals surface area contributed by atoms with Crippen LogP contribution in [0.2, 0.25) is 0 Å². The first-order valence-corrected chi connectivity index (χ1v) is 10.8. The van der Waals surface area contributed by atoms with E-state index in [1.54, 1.807) is 4.68 Å². The van der Waals surface area contributed by atoms with Crippen molar-refractivity contribution < 1.29 is 9.53 Å². The molecule has 0 aliphatic heterocycles. The summed E-state index contributed by atoms with van der Waals surface area (Å²) in [6.45, 7) is 8.72. The standard InChI is InChI=1S/C21H24N6O3S/c1-5-30-13-6-7-15-16(10-13)31-20(24-15)25-17(28)8-9-26-12-22-18-14(19(26)29)11-23-27(18)21(2,3)4/h6-7,10-12H,5,8-9H2,1-4H3,(H,24,25,28). The number of ether oxygens (including phenoxy) is 1. The molecule has 0 bridgehead atoms. The molecule has 0 spiro atoms. The van der Waals surface area contributed by atoms with Crippen LogP contribution in [0.4, 0.5) is 5.13 Å². The molecule has 0 saturated carbocycles. The number of aryl methyl sites for hydroxylation is 1. The monoisotopic (exact) mass is 440 g/mol. The third-order valence-electron chi connectivity index (χ3n) is 4.69. The first-order chi connectivity index (χ1) is 14.8. The summed E-state index contributed by atoms with van der Waals surface area (Å²) < 4.78 is 9.60. The number of carbonyl (C=O) groups is 1. The molecular formula is C21H24N6O3S. The van der Waals surface area contributed by atoms with Crippen LogP contribution in [0.1, 0.15) is 34.1 Å². The van der Waals surface area contributed by atoms with Gasteiger partial charge < -0.3 is 10.1 Å². The van der Waals surface area contributed by atoms with Crippen LogP contribution in [0.15, 0.2) is 35.5 Å². The summed E-state index contributed by atoms with van der Waals surface area (Å²) in [5.74, 6) is 0.551. The maximum absolute atomic E-state index is 12.8. The zero-order valence-electron chi connectivity index (χ0n) is 17.9. The van der Waals surface area contributed by atoms with Crippen LogP contribution in [0.25, 0.3) is 21.3 Å². The quantitative estimate of drug-likeness (QED) is 0.493. The Morgan fingerprint density at radius 2 is 2.10 bits per heavy atom. The number of aromatic nitrogens is 5. The third-order valence-corrected chi connectivity index (χ3v) is 5.62. The number of benzene rings is 1. The molecule has 0 aliphatic carbocycles. The molecule has 0 unspecified atom stereocenters. The highest BCUT2D eigenvalue weighted by molar-refractivity contribution is 7.22. The molecule has 31 heavy (non-hydrogen) atoms. The van der Waals surface area contributed by atoms with Gasteiger partial charge in [-0.3, -0.25) is 14.2 Å². The summed E-state index contributed by atoms with van der Waals surface area (Å²) in [6.07, 6.45) is 3.12. The fourth-order valence-corrected chi connectivity index (χ4v) is 4.13. The highest BCUT2D eigenvalue weighted by atomic mass is 32.1. The number of hydrogen-bond acceptors (Lipinski definition) is 7. The Kier molecular flexibility index (Phi) is 5.48. The van der Waals surface area contributed by atoms with Crippen LogP contribution in [0.3, 0.4) is 0 Å². The SMILES string of the molecule is CCOc1ccc2nc(NC(=O)CCn3cnc4c(cnn4C(C)(C)C)c3=O)sc2c1. The van der Waals surface area contributed by atoms with Gasteiger partial charge in [-0.05, 0) is 45.9 Å². The van der Waals surface area contributed by atoms with Crippen molar-refractivity contribution in [2.24, 2.45) is 0 Å². The maximum Gasteiger partial charge on any atom is 0.264 e. The summed E-state index contributed by atoms with van der Waals surface area (Å²) in [6, 6.07) is 5.63. The molecule has 1 N–H and O–H groups in total. The zero-order chi connectivity index (χ0) is 22.2. The topological polar surface area (TPSA) is 104 Å². The number of fused-ring (bicyclic) bond motifs is 2. The lowest BCUT2D eigenvalue weighted by Crippen LogP contribution is -2.26. The lowest BCUT2D eigenvalue weighted by molar-refractivity contribution is -0.116. The maximum atomic E-state index is 12.8. The van der Waals surface area contributed by atoms with E-state index in [4.69, 9.17) is 4.74 Å². The second-order valence-electron chi connectivity index (χ2n) is 8.09. The second-order valence-corrected chi connectivity index (χ2v) is 9.12. The molecular weight excluding hydrogens is 416 g/mol. The molecule has 1 amide bonds. The van der Waals surface area contributed by atoms with Crippen LogP contribution in [-0.2, 0) is 16.9 Å². The van der Waals surface area contributed by atoms with E-state index in [-0.39, 0.29) is 30.0 Å². The Morgan fingerprint density at radius 3 is 2.84 bits per heavy atom. The van der Waals surface area contributed by atoms with Crippen molar-refractivity contribution in [2.75, 3.05) is 11.9 Å². The van der Waals surface area contributed by atoms with E-state index in [0.717, 1.165) is 16.0 Å².